The molecule has 0 saturated carbocycles. The van der Waals surface area contributed by atoms with E-state index in [0.29, 0.717) is 38.8 Å². The molecule has 0 aliphatic carbocycles. The normalized spacial score (nSPS) is 24.8. The Morgan fingerprint density at radius 1 is 1.10 bits per heavy atom. The van der Waals surface area contributed by atoms with Gasteiger partial charge in [0.15, 0.2) is 0 Å². The molecule has 0 aromatic rings. The molecule has 0 aromatic heterocycles. The van der Waals surface area contributed by atoms with E-state index in [9.17, 15) is 9.59 Å². The van der Waals surface area contributed by atoms with Crippen molar-refractivity contribution in [2.24, 2.45) is 0 Å². The third-order valence-corrected chi connectivity index (χ3v) is 4.35. The van der Waals surface area contributed by atoms with Crippen LogP contribution in [0.2, 0.25) is 0 Å². The molecule has 114 valence electrons. The Labute approximate surface area is 121 Å². The molecule has 1 atom stereocenters. The van der Waals surface area contributed by atoms with E-state index >= 15 is 0 Å². The van der Waals surface area contributed by atoms with E-state index in [1.165, 1.54) is 6.42 Å². The molecular weight excluding hydrogens is 256 g/mol. The topological polar surface area (TPSA) is 55.9 Å². The summed E-state index contributed by atoms with van der Waals surface area (Å²) >= 11 is 0. The second kappa shape index (κ2) is 7.04. The average molecular weight is 282 g/mol. The largest absolute Gasteiger partial charge is 0.339 e. The van der Waals surface area contributed by atoms with Crippen LogP contribution < -0.4 is 5.32 Å². The molecule has 2 rings (SSSR count). The SMILES string of the molecule is CNC1CCCN(CC(=O)N2CCN(C(C)=O)CC2)C1. The van der Waals surface area contributed by atoms with Crippen molar-refractivity contribution in [2.75, 3.05) is 52.9 Å². The number of carbonyl (C=O) groups excluding carboxylic acids is 2. The van der Waals surface area contributed by atoms with E-state index in [-0.39, 0.29) is 11.8 Å². The van der Waals surface area contributed by atoms with Crippen molar-refractivity contribution in [3.63, 3.8) is 0 Å². The summed E-state index contributed by atoms with van der Waals surface area (Å²) in [4.78, 5) is 29.5. The van der Waals surface area contributed by atoms with Crippen LogP contribution in [-0.2, 0) is 9.59 Å². The number of hydrogen-bond donors (Lipinski definition) is 1. The highest BCUT2D eigenvalue weighted by molar-refractivity contribution is 5.79. The molecule has 2 aliphatic heterocycles. The van der Waals surface area contributed by atoms with E-state index in [4.69, 9.17) is 0 Å². The number of piperazine rings is 1. The second-order valence-corrected chi connectivity index (χ2v) is 5.75. The van der Waals surface area contributed by atoms with Crippen LogP contribution in [0.1, 0.15) is 19.8 Å². The van der Waals surface area contributed by atoms with Crippen LogP contribution in [-0.4, -0.2) is 85.4 Å². The third-order valence-electron chi connectivity index (χ3n) is 4.35. The first-order chi connectivity index (χ1) is 9.60. The first kappa shape index (κ1) is 15.3. The molecule has 6 nitrogen and oxygen atoms in total. The highest BCUT2D eigenvalue weighted by atomic mass is 16.2. The van der Waals surface area contributed by atoms with E-state index in [1.54, 1.807) is 6.92 Å². The fourth-order valence-corrected chi connectivity index (χ4v) is 3.00. The Morgan fingerprint density at radius 3 is 2.35 bits per heavy atom. The van der Waals surface area contributed by atoms with Gasteiger partial charge in [0.05, 0.1) is 6.54 Å². The Bertz CT molecular complexity index is 353. The van der Waals surface area contributed by atoms with Crippen LogP contribution >= 0.6 is 0 Å². The van der Waals surface area contributed by atoms with Gasteiger partial charge in [-0.05, 0) is 26.4 Å². The molecule has 0 spiro atoms. The van der Waals surface area contributed by atoms with Crippen molar-refractivity contribution >= 4 is 11.8 Å². The van der Waals surface area contributed by atoms with Gasteiger partial charge in [0.25, 0.3) is 0 Å². The number of carbonyl (C=O) groups is 2. The van der Waals surface area contributed by atoms with Crippen LogP contribution in [0.3, 0.4) is 0 Å². The first-order valence-electron chi connectivity index (χ1n) is 7.53. The van der Waals surface area contributed by atoms with Crippen molar-refractivity contribution < 1.29 is 9.59 Å². The summed E-state index contributed by atoms with van der Waals surface area (Å²) in [6.07, 6.45) is 2.34. The van der Waals surface area contributed by atoms with Crippen LogP contribution in [0.15, 0.2) is 0 Å². The highest BCUT2D eigenvalue weighted by Gasteiger charge is 2.25. The van der Waals surface area contributed by atoms with Crippen LogP contribution in [0.5, 0.6) is 0 Å². The molecule has 2 aliphatic rings. The summed E-state index contributed by atoms with van der Waals surface area (Å²) in [5.74, 6) is 0.301. The van der Waals surface area contributed by atoms with Gasteiger partial charge in [0, 0.05) is 45.7 Å². The monoisotopic (exact) mass is 282 g/mol. The van der Waals surface area contributed by atoms with Crippen molar-refractivity contribution in [3.05, 3.63) is 0 Å². The molecule has 2 heterocycles. The maximum atomic E-state index is 12.3. The maximum Gasteiger partial charge on any atom is 0.236 e. The van der Waals surface area contributed by atoms with Gasteiger partial charge in [0.2, 0.25) is 11.8 Å². The molecule has 0 radical (unpaired) electrons. The van der Waals surface area contributed by atoms with Crippen molar-refractivity contribution in [1.82, 2.24) is 20.0 Å². The average Bonchev–Trinajstić information content (AvgIpc) is 2.47. The predicted octanol–water partition coefficient (Wildman–Crippen LogP) is -0.639. The van der Waals surface area contributed by atoms with Gasteiger partial charge in [-0.25, -0.2) is 0 Å². The fourth-order valence-electron chi connectivity index (χ4n) is 3.00. The van der Waals surface area contributed by atoms with E-state index in [0.717, 1.165) is 19.5 Å². The highest BCUT2D eigenvalue weighted by Crippen LogP contribution is 2.10. The summed E-state index contributed by atoms with van der Waals surface area (Å²) in [6, 6.07) is 0.506. The molecular formula is C14H26N4O2. The summed E-state index contributed by atoms with van der Waals surface area (Å²) < 4.78 is 0. The van der Waals surface area contributed by atoms with Crippen LogP contribution in [0.4, 0.5) is 0 Å². The van der Waals surface area contributed by atoms with E-state index in [1.807, 2.05) is 16.8 Å². The smallest absolute Gasteiger partial charge is 0.236 e. The first-order valence-corrected chi connectivity index (χ1v) is 7.53. The molecule has 20 heavy (non-hydrogen) atoms. The Morgan fingerprint density at radius 2 is 1.75 bits per heavy atom. The third kappa shape index (κ3) is 3.93. The number of hydrogen-bond acceptors (Lipinski definition) is 4. The number of rotatable bonds is 3. The molecule has 1 N–H and O–H groups in total. The lowest BCUT2D eigenvalue weighted by molar-refractivity contribution is -0.139. The lowest BCUT2D eigenvalue weighted by Gasteiger charge is -2.37. The van der Waals surface area contributed by atoms with Crippen molar-refractivity contribution in [1.29, 1.82) is 0 Å². The molecule has 2 saturated heterocycles. The standard InChI is InChI=1S/C14H26N4O2/c1-12(19)17-6-8-18(9-7-17)14(20)11-16-5-3-4-13(10-16)15-2/h13,15H,3-11H2,1-2H3. The number of piperidine rings is 1. The van der Waals surface area contributed by atoms with Crippen molar-refractivity contribution in [3.8, 4) is 0 Å². The minimum atomic E-state index is 0.102. The number of amides is 2. The molecule has 6 heteroatoms. The molecule has 1 unspecified atom stereocenters. The van der Waals surface area contributed by atoms with Gasteiger partial charge in [-0.3, -0.25) is 14.5 Å². The quantitative estimate of drug-likeness (QED) is 0.748. The number of nitrogens with zero attached hydrogens (tertiary/aromatic N) is 3. The maximum absolute atomic E-state index is 12.3. The zero-order valence-electron chi connectivity index (χ0n) is 12.6. The lowest BCUT2D eigenvalue weighted by atomic mass is 10.1. The second-order valence-electron chi connectivity index (χ2n) is 5.75. The van der Waals surface area contributed by atoms with Gasteiger partial charge in [0.1, 0.15) is 0 Å². The summed E-state index contributed by atoms with van der Waals surface area (Å²) in [7, 11) is 1.98. The van der Waals surface area contributed by atoms with Gasteiger partial charge < -0.3 is 15.1 Å². The van der Waals surface area contributed by atoms with E-state index < -0.39 is 0 Å². The minimum absolute atomic E-state index is 0.102. The Hall–Kier alpha value is -1.14. The molecule has 2 fully saturated rings. The number of nitrogens with one attached hydrogen (secondary N) is 1. The fraction of sp³-hybridized carbons (Fsp3) is 0.857. The van der Waals surface area contributed by atoms with Gasteiger partial charge in [-0.2, -0.15) is 0 Å². The molecule has 2 amide bonds. The van der Waals surface area contributed by atoms with E-state index in [2.05, 4.69) is 10.2 Å². The Balaban J connectivity index is 1.76. The minimum Gasteiger partial charge on any atom is -0.339 e. The van der Waals surface area contributed by atoms with Gasteiger partial charge >= 0.3 is 0 Å². The lowest BCUT2D eigenvalue weighted by Crippen LogP contribution is -2.53. The van der Waals surface area contributed by atoms with Gasteiger partial charge in [-0.15, -0.1) is 0 Å². The van der Waals surface area contributed by atoms with Crippen LogP contribution in [0, 0.1) is 0 Å². The van der Waals surface area contributed by atoms with Gasteiger partial charge in [-0.1, -0.05) is 0 Å². The van der Waals surface area contributed by atoms with Crippen LogP contribution in [0.25, 0.3) is 0 Å². The predicted molar refractivity (Wildman–Crippen MR) is 77.4 cm³/mol. The summed E-state index contributed by atoms with van der Waals surface area (Å²) in [6.45, 7) is 6.73. The summed E-state index contributed by atoms with van der Waals surface area (Å²) in [5.41, 5.74) is 0. The van der Waals surface area contributed by atoms with Crippen molar-refractivity contribution in [2.45, 2.75) is 25.8 Å². The zero-order chi connectivity index (χ0) is 14.5. The zero-order valence-corrected chi connectivity index (χ0v) is 12.6. The molecule has 0 bridgehead atoms. The summed E-state index contributed by atoms with van der Waals surface area (Å²) in [5, 5.41) is 3.29. The number of likely N-dealkylation sites (N-methyl/N-ethyl adjacent to an activating group) is 1. The Kier molecular flexibility index (Phi) is 5.37. The molecule has 0 aromatic carbocycles. The number of likely N-dealkylation sites (tertiary alicyclic amines) is 1.